The quantitative estimate of drug-likeness (QED) is 0.525. The molecule has 1 unspecified atom stereocenters. The number of thioether (sulfide) groups is 1. The molecule has 4 heterocycles. The van der Waals surface area contributed by atoms with Gasteiger partial charge in [0.25, 0.3) is 0 Å². The van der Waals surface area contributed by atoms with Crippen molar-refractivity contribution in [2.24, 2.45) is 17.3 Å². The number of hydrogen-bond donors (Lipinski definition) is 1. The predicted octanol–water partition coefficient (Wildman–Crippen LogP) is 3.09. The lowest BCUT2D eigenvalue weighted by Crippen LogP contribution is -2.58. The molecule has 0 aromatic heterocycles. The molecule has 200 valence electrons. The maximum absolute atomic E-state index is 14.4. The summed E-state index contributed by atoms with van der Waals surface area (Å²) in [5, 5.41) is 9.44. The highest BCUT2D eigenvalue weighted by atomic mass is 32.2. The number of carbonyl (C=O) groups excluding carboxylic acids is 3. The molecule has 0 aliphatic carbocycles. The first kappa shape index (κ1) is 27.2. The first-order valence-corrected chi connectivity index (χ1v) is 14.3. The zero-order valence-corrected chi connectivity index (χ0v) is 23.5. The van der Waals surface area contributed by atoms with Crippen molar-refractivity contribution < 1.29 is 19.5 Å². The maximum atomic E-state index is 14.4. The molecule has 2 saturated heterocycles. The number of aliphatic hydroxyl groups is 1. The minimum Gasteiger partial charge on any atom is -0.396 e. The highest BCUT2D eigenvalue weighted by molar-refractivity contribution is 8.02. The van der Waals surface area contributed by atoms with Crippen molar-refractivity contribution in [3.63, 3.8) is 0 Å². The van der Waals surface area contributed by atoms with E-state index in [4.69, 9.17) is 0 Å². The van der Waals surface area contributed by atoms with Crippen molar-refractivity contribution in [2.75, 3.05) is 32.8 Å². The fourth-order valence-electron chi connectivity index (χ4n) is 7.08. The van der Waals surface area contributed by atoms with E-state index < -0.39 is 28.2 Å². The summed E-state index contributed by atoms with van der Waals surface area (Å²) in [6.45, 7) is 14.8. The number of aliphatic hydroxyl groups excluding tert-OH is 1. The van der Waals surface area contributed by atoms with Crippen LogP contribution in [0.3, 0.4) is 0 Å². The monoisotopic (exact) mass is 517 g/mol. The fourth-order valence-corrected chi connectivity index (χ4v) is 9.09. The predicted molar refractivity (Wildman–Crippen MR) is 143 cm³/mol. The third kappa shape index (κ3) is 4.53. The second kappa shape index (κ2) is 9.82. The number of likely N-dealkylation sites (tertiary alicyclic amines) is 1. The minimum atomic E-state index is -0.791. The molecule has 7 nitrogen and oxygen atoms in total. The summed E-state index contributed by atoms with van der Waals surface area (Å²) in [4.78, 5) is 47.8. The second-order valence-electron chi connectivity index (χ2n) is 12.6. The van der Waals surface area contributed by atoms with Crippen LogP contribution in [-0.2, 0) is 14.4 Å². The van der Waals surface area contributed by atoms with Crippen LogP contribution in [0, 0.1) is 17.3 Å². The van der Waals surface area contributed by atoms with Gasteiger partial charge in [-0.1, -0.05) is 52.0 Å². The third-order valence-corrected chi connectivity index (χ3v) is 9.73. The van der Waals surface area contributed by atoms with Crippen LogP contribution in [0.5, 0.6) is 0 Å². The molecule has 3 amide bonds. The maximum Gasteiger partial charge on any atom is 0.247 e. The topological polar surface area (TPSA) is 81.2 Å². The first-order valence-electron chi connectivity index (χ1n) is 13.4. The van der Waals surface area contributed by atoms with Gasteiger partial charge in [-0.05, 0) is 38.5 Å². The van der Waals surface area contributed by atoms with Gasteiger partial charge < -0.3 is 19.8 Å². The van der Waals surface area contributed by atoms with Crippen LogP contribution < -0.4 is 0 Å². The van der Waals surface area contributed by atoms with Gasteiger partial charge in [0.05, 0.1) is 16.6 Å². The van der Waals surface area contributed by atoms with Gasteiger partial charge in [0, 0.05) is 43.6 Å². The molecule has 0 saturated carbocycles. The Morgan fingerprint density at radius 1 is 1.03 bits per heavy atom. The molecule has 0 aromatic rings. The summed E-state index contributed by atoms with van der Waals surface area (Å²) in [5.41, 5.74) is -0.381. The summed E-state index contributed by atoms with van der Waals surface area (Å²) >= 11 is 1.62. The lowest BCUT2D eigenvalue weighted by Gasteiger charge is -2.44. The summed E-state index contributed by atoms with van der Waals surface area (Å²) < 4.78 is -0.791. The average Bonchev–Trinajstić information content (AvgIpc) is 3.08. The molecule has 8 heteroatoms. The SMILES string of the molecule is CCCN1CC=C[C@@H]2S[C@]34C=CCN(C(C)(C)CC(C)(C)C)C(=O)C3N(CCCO)C(=O)[C@@H]4[C@@H]2C1=O. The lowest BCUT2D eigenvalue weighted by molar-refractivity contribution is -0.147. The standard InChI is InChI=1S/C28H43N3O4S/c1-7-13-29-14-8-11-19-20(23(29)33)21-24(34)30(15-10-17-32)22-25(35)31(16-9-12-28(21,22)36-19)27(5,6)18-26(2,3)4/h8-9,11-12,19-22,32H,7,10,13-18H2,1-6H3/t19-,20+,21-,22?,28-/m0/s1. The molecule has 1 spiro atoms. The average molecular weight is 518 g/mol. The van der Waals surface area contributed by atoms with Crippen molar-refractivity contribution >= 4 is 29.5 Å². The first-order chi connectivity index (χ1) is 16.9. The van der Waals surface area contributed by atoms with Crippen LogP contribution in [-0.4, -0.2) is 91.9 Å². The van der Waals surface area contributed by atoms with Gasteiger partial charge in [0.1, 0.15) is 6.04 Å². The van der Waals surface area contributed by atoms with E-state index in [1.54, 1.807) is 16.7 Å². The van der Waals surface area contributed by atoms with Gasteiger partial charge in [0.15, 0.2) is 0 Å². The van der Waals surface area contributed by atoms with E-state index in [2.05, 4.69) is 53.7 Å². The highest BCUT2D eigenvalue weighted by Crippen LogP contribution is 2.61. The molecule has 4 aliphatic heterocycles. The number of hydrogen-bond acceptors (Lipinski definition) is 5. The zero-order chi connectivity index (χ0) is 26.5. The van der Waals surface area contributed by atoms with Crippen LogP contribution >= 0.6 is 11.8 Å². The van der Waals surface area contributed by atoms with Gasteiger partial charge in [-0.2, -0.15) is 0 Å². The Morgan fingerprint density at radius 2 is 1.75 bits per heavy atom. The van der Waals surface area contributed by atoms with Crippen molar-refractivity contribution in [1.29, 1.82) is 0 Å². The number of carbonyl (C=O) groups is 3. The molecule has 0 aromatic carbocycles. The number of fused-ring (bicyclic) bond motifs is 2. The van der Waals surface area contributed by atoms with Crippen LogP contribution in [0.2, 0.25) is 0 Å². The van der Waals surface area contributed by atoms with Gasteiger partial charge in [-0.15, -0.1) is 11.8 Å². The molecular formula is C28H43N3O4S. The van der Waals surface area contributed by atoms with Crippen molar-refractivity contribution in [3.05, 3.63) is 24.3 Å². The Hall–Kier alpha value is -1.80. The van der Waals surface area contributed by atoms with Gasteiger partial charge in [0.2, 0.25) is 17.7 Å². The van der Waals surface area contributed by atoms with E-state index in [0.29, 0.717) is 32.6 Å². The molecule has 0 bridgehead atoms. The Morgan fingerprint density at radius 3 is 2.39 bits per heavy atom. The summed E-state index contributed by atoms with van der Waals surface area (Å²) in [5.74, 6) is -1.22. The summed E-state index contributed by atoms with van der Waals surface area (Å²) in [6, 6.07) is -0.683. The number of nitrogens with zero attached hydrogens (tertiary/aromatic N) is 3. The smallest absolute Gasteiger partial charge is 0.247 e. The van der Waals surface area contributed by atoms with Gasteiger partial charge in [-0.3, -0.25) is 14.4 Å². The Kier molecular flexibility index (Phi) is 7.43. The van der Waals surface area contributed by atoms with E-state index in [0.717, 1.165) is 12.8 Å². The molecule has 36 heavy (non-hydrogen) atoms. The van der Waals surface area contributed by atoms with Crippen molar-refractivity contribution in [1.82, 2.24) is 14.7 Å². The molecule has 4 rings (SSSR count). The Bertz CT molecular complexity index is 955. The normalized spacial score (nSPS) is 32.5. The van der Waals surface area contributed by atoms with Crippen molar-refractivity contribution in [3.8, 4) is 0 Å². The Balaban J connectivity index is 1.78. The van der Waals surface area contributed by atoms with E-state index >= 15 is 0 Å². The fraction of sp³-hybridized carbons (Fsp3) is 0.750. The molecule has 4 aliphatic rings. The summed E-state index contributed by atoms with van der Waals surface area (Å²) in [7, 11) is 0. The van der Waals surface area contributed by atoms with Gasteiger partial charge in [-0.25, -0.2) is 0 Å². The van der Waals surface area contributed by atoms with E-state index in [-0.39, 0.29) is 35.0 Å². The largest absolute Gasteiger partial charge is 0.396 e. The van der Waals surface area contributed by atoms with E-state index in [9.17, 15) is 19.5 Å². The molecule has 2 fully saturated rings. The van der Waals surface area contributed by atoms with E-state index in [1.807, 2.05) is 22.0 Å². The van der Waals surface area contributed by atoms with Crippen LogP contribution in [0.25, 0.3) is 0 Å². The van der Waals surface area contributed by atoms with Gasteiger partial charge >= 0.3 is 0 Å². The third-order valence-electron chi connectivity index (χ3n) is 7.99. The molecule has 1 N–H and O–H groups in total. The van der Waals surface area contributed by atoms with Crippen LogP contribution in [0.4, 0.5) is 0 Å². The molecule has 0 radical (unpaired) electrons. The molecular weight excluding hydrogens is 474 g/mol. The number of rotatable bonds is 7. The lowest BCUT2D eigenvalue weighted by atomic mass is 9.77. The van der Waals surface area contributed by atoms with Crippen LogP contribution in [0.15, 0.2) is 24.3 Å². The molecule has 5 atom stereocenters. The van der Waals surface area contributed by atoms with Crippen LogP contribution in [0.1, 0.15) is 60.8 Å². The minimum absolute atomic E-state index is 0.0207. The van der Waals surface area contributed by atoms with Crippen molar-refractivity contribution in [2.45, 2.75) is 82.4 Å². The second-order valence-corrected chi connectivity index (χ2v) is 14.1. The zero-order valence-electron chi connectivity index (χ0n) is 22.7. The Labute approximate surface area is 220 Å². The summed E-state index contributed by atoms with van der Waals surface area (Å²) in [6.07, 6.45) is 10.3. The van der Waals surface area contributed by atoms with E-state index in [1.165, 1.54) is 0 Å². The highest BCUT2D eigenvalue weighted by Gasteiger charge is 2.71. The number of amides is 3.